The number of benzene rings is 3. The van der Waals surface area contributed by atoms with Gasteiger partial charge in [-0.3, -0.25) is 0 Å². The summed E-state index contributed by atoms with van der Waals surface area (Å²) in [6.45, 7) is 4.35. The number of anilines is 1. The average molecular weight is 328 g/mol. The molecule has 0 fully saturated rings. The van der Waals surface area contributed by atoms with Crippen molar-refractivity contribution in [3.05, 3.63) is 66.5 Å². The molecule has 0 saturated carbocycles. The van der Waals surface area contributed by atoms with Crippen molar-refractivity contribution in [3.8, 4) is 0 Å². The lowest BCUT2D eigenvalue weighted by molar-refractivity contribution is 0.383. The van der Waals surface area contributed by atoms with Crippen molar-refractivity contribution < 1.29 is 4.42 Å². The molecule has 0 spiro atoms. The maximum absolute atomic E-state index is 6.29. The van der Waals surface area contributed by atoms with Gasteiger partial charge in [-0.1, -0.05) is 24.3 Å². The molecule has 3 aromatic carbocycles. The topological polar surface area (TPSA) is 19.6 Å². The van der Waals surface area contributed by atoms with Crippen molar-refractivity contribution in [3.63, 3.8) is 0 Å². The molecule has 2 heterocycles. The van der Waals surface area contributed by atoms with Gasteiger partial charge < -0.3 is 14.2 Å². The van der Waals surface area contributed by atoms with Crippen LogP contribution < -0.4 is 4.90 Å². The quantitative estimate of drug-likeness (QED) is 0.452. The third-order valence-corrected chi connectivity index (χ3v) is 5.46. The van der Waals surface area contributed by atoms with Gasteiger partial charge in [-0.25, -0.2) is 0 Å². The van der Waals surface area contributed by atoms with Crippen LogP contribution in [0.25, 0.3) is 32.7 Å². The number of aryl methyl sites for hydroxylation is 1. The molecule has 0 bridgehead atoms. The highest BCUT2D eigenvalue weighted by Gasteiger charge is 2.23. The minimum absolute atomic E-state index is 0.308. The Hall–Kier alpha value is -2.94. The van der Waals surface area contributed by atoms with E-state index in [1.807, 2.05) is 0 Å². The van der Waals surface area contributed by atoms with Crippen LogP contribution in [0, 0.1) is 6.92 Å². The molecule has 1 atom stereocenters. The summed E-state index contributed by atoms with van der Waals surface area (Å²) < 4.78 is 6.29. The molecule has 0 aliphatic carbocycles. The van der Waals surface area contributed by atoms with Crippen LogP contribution in [0.2, 0.25) is 0 Å². The zero-order valence-electron chi connectivity index (χ0n) is 14.7. The number of furan rings is 1. The smallest absolute Gasteiger partial charge is 0.140 e. The largest absolute Gasteiger partial charge is 0.456 e. The molecule has 3 heteroatoms. The van der Waals surface area contributed by atoms with Crippen molar-refractivity contribution in [1.82, 2.24) is 4.90 Å². The predicted molar refractivity (Wildman–Crippen MR) is 105 cm³/mol. The van der Waals surface area contributed by atoms with Gasteiger partial charge in [0.05, 0.1) is 0 Å². The molecule has 1 aromatic heterocycles. The second-order valence-corrected chi connectivity index (χ2v) is 6.89. The van der Waals surface area contributed by atoms with E-state index < -0.39 is 0 Å². The lowest BCUT2D eigenvalue weighted by Crippen LogP contribution is -2.33. The summed E-state index contributed by atoms with van der Waals surface area (Å²) in [6.07, 6.45) is 4.55. The number of hydrogen-bond donors (Lipinski definition) is 0. The molecule has 4 aromatic rings. The molecule has 1 aliphatic heterocycles. The van der Waals surface area contributed by atoms with Crippen molar-refractivity contribution in [2.75, 3.05) is 11.9 Å². The Morgan fingerprint density at radius 1 is 0.920 bits per heavy atom. The van der Waals surface area contributed by atoms with Crippen molar-refractivity contribution in [2.24, 2.45) is 0 Å². The molecular formula is C22H20N2O. The average Bonchev–Trinajstić information content (AvgIpc) is 3.15. The Labute approximate surface area is 146 Å². The molecule has 0 amide bonds. The fourth-order valence-corrected chi connectivity index (χ4v) is 3.83. The van der Waals surface area contributed by atoms with E-state index in [-0.39, 0.29) is 0 Å². The fourth-order valence-electron chi connectivity index (χ4n) is 3.83. The molecule has 3 nitrogen and oxygen atoms in total. The monoisotopic (exact) mass is 328 g/mol. The lowest BCUT2D eigenvalue weighted by atomic mass is 10.0. The van der Waals surface area contributed by atoms with Gasteiger partial charge in [-0.15, -0.1) is 0 Å². The van der Waals surface area contributed by atoms with Crippen LogP contribution in [0.3, 0.4) is 0 Å². The van der Waals surface area contributed by atoms with Gasteiger partial charge in [-0.05, 0) is 48.9 Å². The first-order valence-corrected chi connectivity index (χ1v) is 8.67. The highest BCUT2D eigenvalue weighted by atomic mass is 16.3. The van der Waals surface area contributed by atoms with Gasteiger partial charge in [0, 0.05) is 41.5 Å². The molecule has 5 rings (SSSR count). The van der Waals surface area contributed by atoms with E-state index in [0.29, 0.717) is 6.17 Å². The molecule has 0 radical (unpaired) electrons. The number of rotatable bonds is 1. The first-order chi connectivity index (χ1) is 12.1. The van der Waals surface area contributed by atoms with Crippen molar-refractivity contribution in [1.29, 1.82) is 0 Å². The van der Waals surface area contributed by atoms with Gasteiger partial charge >= 0.3 is 0 Å². The maximum atomic E-state index is 6.29. The SMILES string of the molecule is Cc1c(N2C=CN(C)[C@@H]2C)ccc2c1oc1cc3ccccc3cc12. The summed E-state index contributed by atoms with van der Waals surface area (Å²) in [7, 11) is 2.10. The normalized spacial score (nSPS) is 17.5. The van der Waals surface area contributed by atoms with Crippen LogP contribution in [0.5, 0.6) is 0 Å². The molecule has 1 aliphatic rings. The second-order valence-electron chi connectivity index (χ2n) is 6.89. The molecular weight excluding hydrogens is 308 g/mol. The van der Waals surface area contributed by atoms with Gasteiger partial charge in [-0.2, -0.15) is 0 Å². The number of nitrogens with zero attached hydrogens (tertiary/aromatic N) is 2. The first-order valence-electron chi connectivity index (χ1n) is 8.67. The Morgan fingerprint density at radius 2 is 1.68 bits per heavy atom. The van der Waals surface area contributed by atoms with Crippen molar-refractivity contribution >= 4 is 38.4 Å². The van der Waals surface area contributed by atoms with E-state index in [2.05, 4.69) is 91.6 Å². The summed E-state index contributed by atoms with van der Waals surface area (Å²) in [4.78, 5) is 4.49. The van der Waals surface area contributed by atoms with Gasteiger partial charge in [0.2, 0.25) is 0 Å². The highest BCUT2D eigenvalue weighted by Crippen LogP contribution is 2.38. The molecule has 124 valence electrons. The Bertz CT molecular complexity index is 1160. The zero-order chi connectivity index (χ0) is 17.1. The van der Waals surface area contributed by atoms with Gasteiger partial charge in [0.25, 0.3) is 0 Å². The Balaban J connectivity index is 1.77. The van der Waals surface area contributed by atoms with Crippen molar-refractivity contribution in [2.45, 2.75) is 20.0 Å². The first kappa shape index (κ1) is 14.4. The summed E-state index contributed by atoms with van der Waals surface area (Å²) in [6, 6.07) is 17.2. The van der Waals surface area contributed by atoms with E-state index in [0.717, 1.165) is 11.2 Å². The Morgan fingerprint density at radius 3 is 2.40 bits per heavy atom. The molecule has 25 heavy (non-hydrogen) atoms. The maximum Gasteiger partial charge on any atom is 0.140 e. The molecule has 0 unspecified atom stereocenters. The summed E-state index contributed by atoms with van der Waals surface area (Å²) in [5, 5.41) is 4.83. The number of fused-ring (bicyclic) bond motifs is 4. The van der Waals surface area contributed by atoms with Crippen LogP contribution in [0.4, 0.5) is 5.69 Å². The number of hydrogen-bond acceptors (Lipinski definition) is 3. The second kappa shape index (κ2) is 5.03. The molecule has 0 saturated heterocycles. The van der Waals surface area contributed by atoms with E-state index in [4.69, 9.17) is 4.42 Å². The third-order valence-electron chi connectivity index (χ3n) is 5.46. The minimum atomic E-state index is 0.308. The summed E-state index contributed by atoms with van der Waals surface area (Å²) >= 11 is 0. The standard InChI is InChI=1S/C22H20N2O/c1-14-20(24-11-10-23(3)15(24)2)9-8-18-19-12-16-6-4-5-7-17(16)13-21(19)25-22(14)18/h4-13,15H,1-3H3/t15-/m0/s1. The van der Waals surface area contributed by atoms with Crippen LogP contribution in [0.1, 0.15) is 12.5 Å². The predicted octanol–water partition coefficient (Wildman–Crippen LogP) is 5.62. The summed E-state index contributed by atoms with van der Waals surface area (Å²) in [5.74, 6) is 0. The van der Waals surface area contributed by atoms with Crippen LogP contribution in [0.15, 0.2) is 65.3 Å². The lowest BCUT2D eigenvalue weighted by Gasteiger charge is -2.28. The highest BCUT2D eigenvalue weighted by molar-refractivity contribution is 6.11. The minimum Gasteiger partial charge on any atom is -0.456 e. The van der Waals surface area contributed by atoms with E-state index in [1.165, 1.54) is 32.8 Å². The zero-order valence-corrected chi connectivity index (χ0v) is 14.7. The van der Waals surface area contributed by atoms with E-state index in [1.54, 1.807) is 0 Å². The van der Waals surface area contributed by atoms with Gasteiger partial charge in [0.15, 0.2) is 0 Å². The van der Waals surface area contributed by atoms with Gasteiger partial charge in [0.1, 0.15) is 17.3 Å². The Kier molecular flexibility index (Phi) is 2.90. The summed E-state index contributed by atoms with van der Waals surface area (Å²) in [5.41, 5.74) is 4.32. The fraction of sp³-hybridized carbons (Fsp3) is 0.182. The molecule has 0 N–H and O–H groups in total. The van der Waals surface area contributed by atoms with Crippen LogP contribution >= 0.6 is 0 Å². The van der Waals surface area contributed by atoms with Crippen LogP contribution in [-0.4, -0.2) is 18.1 Å². The van der Waals surface area contributed by atoms with Crippen LogP contribution in [-0.2, 0) is 0 Å². The van der Waals surface area contributed by atoms with E-state index >= 15 is 0 Å². The third kappa shape index (κ3) is 1.99. The van der Waals surface area contributed by atoms with E-state index in [9.17, 15) is 0 Å².